The molecule has 0 saturated heterocycles. The molecule has 184 valence electrons. The van der Waals surface area contributed by atoms with Crippen molar-refractivity contribution in [2.45, 2.75) is 25.3 Å². The number of hydrogen-bond donors (Lipinski definition) is 1. The van der Waals surface area contributed by atoms with Crippen molar-refractivity contribution in [3.63, 3.8) is 0 Å². The van der Waals surface area contributed by atoms with Crippen LogP contribution in [0.15, 0.2) is 57.3 Å². The van der Waals surface area contributed by atoms with Crippen LogP contribution in [0.1, 0.15) is 24.2 Å². The maximum atomic E-state index is 13.5. The van der Waals surface area contributed by atoms with Gasteiger partial charge in [-0.25, -0.2) is 4.79 Å². The number of carbonyl (C=O) groups excluding carboxylic acids is 1. The molecule has 1 amide bonds. The summed E-state index contributed by atoms with van der Waals surface area (Å²) in [6.07, 6.45) is 0. The van der Waals surface area contributed by atoms with E-state index >= 15 is 0 Å². The van der Waals surface area contributed by atoms with Crippen molar-refractivity contribution >= 4 is 62.7 Å². The van der Waals surface area contributed by atoms with Crippen LogP contribution >= 0.6 is 23.1 Å². The molecule has 3 heterocycles. The van der Waals surface area contributed by atoms with Gasteiger partial charge in [0, 0.05) is 24.6 Å². The van der Waals surface area contributed by atoms with Gasteiger partial charge in [0.2, 0.25) is 0 Å². The fourth-order valence-corrected chi connectivity index (χ4v) is 6.73. The molecule has 0 bridgehead atoms. The first-order valence-corrected chi connectivity index (χ1v) is 12.7. The van der Waals surface area contributed by atoms with Gasteiger partial charge in [-0.05, 0) is 50.2 Å². The Morgan fingerprint density at radius 2 is 1.86 bits per heavy atom. The summed E-state index contributed by atoms with van der Waals surface area (Å²) in [5.74, 6) is -0.682. The number of hydrazone groups is 1. The second-order valence-corrected chi connectivity index (χ2v) is 10.1. The van der Waals surface area contributed by atoms with Crippen molar-refractivity contribution < 1.29 is 19.4 Å². The van der Waals surface area contributed by atoms with Crippen LogP contribution in [0.2, 0.25) is 0 Å². The van der Waals surface area contributed by atoms with E-state index in [2.05, 4.69) is 5.10 Å². The Balaban J connectivity index is 1.65. The summed E-state index contributed by atoms with van der Waals surface area (Å²) in [5, 5.41) is 15.6. The van der Waals surface area contributed by atoms with Crippen LogP contribution in [0.3, 0.4) is 0 Å². The largest absolute Gasteiger partial charge is 0.497 e. The lowest BCUT2D eigenvalue weighted by Crippen LogP contribution is -2.35. The molecule has 0 radical (unpaired) electrons. The number of carbonyl (C=O) groups is 2. The number of amides is 1. The molecule has 2 aliphatic heterocycles. The van der Waals surface area contributed by atoms with Crippen LogP contribution in [0, 0.1) is 0 Å². The van der Waals surface area contributed by atoms with Crippen molar-refractivity contribution in [1.29, 1.82) is 0 Å². The van der Waals surface area contributed by atoms with Crippen molar-refractivity contribution in [1.82, 2.24) is 4.57 Å². The zero-order valence-corrected chi connectivity index (χ0v) is 21.6. The van der Waals surface area contributed by atoms with Gasteiger partial charge in [0.25, 0.3) is 11.5 Å². The maximum Gasteiger partial charge on any atom is 0.335 e. The average Bonchev–Trinajstić information content (AvgIpc) is 3.48. The van der Waals surface area contributed by atoms with Crippen LogP contribution < -0.4 is 29.4 Å². The number of nitrogens with zero attached hydrogens (tertiary/aromatic N) is 4. The molecule has 3 aromatic rings. The third-order valence-electron chi connectivity index (χ3n) is 6.02. The highest BCUT2D eigenvalue weighted by molar-refractivity contribution is 8.08. The molecule has 0 fully saturated rings. The second kappa shape index (κ2) is 8.99. The summed E-state index contributed by atoms with van der Waals surface area (Å²) < 4.78 is 8.05. The molecule has 2 aromatic carbocycles. The Bertz CT molecular complexity index is 1640. The number of fused-ring (bicyclic) bond motifs is 1. The predicted octanol–water partition coefficient (Wildman–Crippen LogP) is 2.52. The van der Waals surface area contributed by atoms with Gasteiger partial charge in [0.05, 0.1) is 35.3 Å². The number of hydrogen-bond acceptors (Lipinski definition) is 8. The number of methoxy groups -OCH3 is 1. The van der Waals surface area contributed by atoms with E-state index in [1.807, 2.05) is 37.1 Å². The normalized spacial score (nSPS) is 18.0. The first-order valence-electron chi connectivity index (χ1n) is 11.1. The summed E-state index contributed by atoms with van der Waals surface area (Å²) in [6.45, 7) is 3.99. The van der Waals surface area contributed by atoms with Crippen LogP contribution in [0.4, 0.5) is 11.4 Å². The Morgan fingerprint density at radius 3 is 2.50 bits per heavy atom. The number of ether oxygens (including phenoxy) is 1. The fraction of sp³-hybridized carbons (Fsp3) is 0.200. The zero-order valence-electron chi connectivity index (χ0n) is 19.9. The van der Waals surface area contributed by atoms with Gasteiger partial charge in [-0.1, -0.05) is 11.8 Å². The molecule has 36 heavy (non-hydrogen) atoms. The first kappa shape index (κ1) is 23.9. The standard InChI is InChI=1S/C25H22N4O5S2/c1-5-28-22(31)20(24-27(3)17-12-16(34-4)10-11-18(17)35-24)36-23(28)19-13(2)26-29(21(19)30)15-8-6-14(7-9-15)25(32)33/h6-12H,5H2,1-4H3,(H,32,33). The molecule has 0 atom stereocenters. The van der Waals surface area contributed by atoms with E-state index in [-0.39, 0.29) is 17.0 Å². The summed E-state index contributed by atoms with van der Waals surface area (Å²) in [5.41, 5.74) is 2.20. The van der Waals surface area contributed by atoms with Crippen molar-refractivity contribution in [2.75, 3.05) is 24.1 Å². The van der Waals surface area contributed by atoms with Crippen molar-refractivity contribution in [3.05, 3.63) is 67.6 Å². The van der Waals surface area contributed by atoms with Gasteiger partial charge in [0.15, 0.2) is 0 Å². The Kier molecular flexibility index (Phi) is 5.97. The van der Waals surface area contributed by atoms with Crippen molar-refractivity contribution in [2.24, 2.45) is 5.10 Å². The number of benzene rings is 2. The highest BCUT2D eigenvalue weighted by Crippen LogP contribution is 2.46. The third kappa shape index (κ3) is 3.71. The Morgan fingerprint density at radius 1 is 1.14 bits per heavy atom. The minimum absolute atomic E-state index is 0.117. The number of rotatable bonds is 4. The number of aromatic carboxylic acids is 1. The average molecular weight is 523 g/mol. The molecule has 9 nitrogen and oxygen atoms in total. The van der Waals surface area contributed by atoms with Gasteiger partial charge < -0.3 is 14.7 Å². The third-order valence-corrected chi connectivity index (χ3v) is 8.58. The Labute approximate surface area is 214 Å². The van der Waals surface area contributed by atoms with Crippen LogP contribution in [-0.4, -0.2) is 41.4 Å². The highest BCUT2D eigenvalue weighted by Gasteiger charge is 2.32. The lowest BCUT2D eigenvalue weighted by Gasteiger charge is -2.13. The van der Waals surface area contributed by atoms with E-state index in [1.165, 1.54) is 40.2 Å². The number of carboxylic acid groups (broad SMARTS) is 1. The van der Waals surface area contributed by atoms with E-state index in [1.54, 1.807) is 30.7 Å². The molecule has 1 N–H and O–H groups in total. The fourth-order valence-electron chi connectivity index (χ4n) is 4.14. The van der Waals surface area contributed by atoms with E-state index in [0.29, 0.717) is 32.7 Å². The smallest absolute Gasteiger partial charge is 0.335 e. The molecule has 2 aliphatic rings. The summed E-state index contributed by atoms with van der Waals surface area (Å²) in [7, 11) is 3.52. The lowest BCUT2D eigenvalue weighted by atomic mass is 10.2. The van der Waals surface area contributed by atoms with Crippen LogP contribution in [0.25, 0.3) is 10.6 Å². The van der Waals surface area contributed by atoms with E-state index in [0.717, 1.165) is 21.4 Å². The SMILES string of the molecule is CCn1c(=C2C(=O)N(c3ccc(C(=O)O)cc3)N=C2C)sc(=C2Sc3ccc(OC)cc3N2C)c1=O. The number of thiazole rings is 1. The highest BCUT2D eigenvalue weighted by atomic mass is 32.2. The molecule has 0 unspecified atom stereocenters. The topological polar surface area (TPSA) is 104 Å². The molecule has 0 spiro atoms. The van der Waals surface area contributed by atoms with Crippen LogP contribution in [-0.2, 0) is 11.3 Å². The molecule has 1 aromatic heterocycles. The predicted molar refractivity (Wildman–Crippen MR) is 142 cm³/mol. The lowest BCUT2D eigenvalue weighted by molar-refractivity contribution is -0.112. The minimum Gasteiger partial charge on any atom is -0.497 e. The van der Waals surface area contributed by atoms with Crippen molar-refractivity contribution in [3.8, 4) is 5.75 Å². The zero-order chi connectivity index (χ0) is 25.7. The maximum absolute atomic E-state index is 13.5. The molecule has 11 heteroatoms. The van der Waals surface area contributed by atoms with Gasteiger partial charge >= 0.3 is 5.97 Å². The molecule has 0 saturated carbocycles. The van der Waals surface area contributed by atoms with Gasteiger partial charge in [-0.2, -0.15) is 10.1 Å². The van der Waals surface area contributed by atoms with Gasteiger partial charge in [-0.15, -0.1) is 11.3 Å². The van der Waals surface area contributed by atoms with Gasteiger partial charge in [0.1, 0.15) is 20.0 Å². The number of thioether (sulfide) groups is 1. The van der Waals surface area contributed by atoms with E-state index in [4.69, 9.17) is 9.84 Å². The minimum atomic E-state index is -1.05. The molecule has 0 aliphatic carbocycles. The number of aromatic nitrogens is 1. The number of carboxylic acids is 1. The summed E-state index contributed by atoms with van der Waals surface area (Å²) in [4.78, 5) is 41.1. The molecule has 5 rings (SSSR count). The van der Waals surface area contributed by atoms with E-state index < -0.39 is 5.97 Å². The van der Waals surface area contributed by atoms with Gasteiger partial charge in [-0.3, -0.25) is 14.2 Å². The quantitative estimate of drug-likeness (QED) is 0.562. The molecular formula is C25H22N4O5S2. The number of anilines is 2. The Hall–Kier alpha value is -3.83. The summed E-state index contributed by atoms with van der Waals surface area (Å²) >= 11 is 2.79. The monoisotopic (exact) mass is 522 g/mol. The summed E-state index contributed by atoms with van der Waals surface area (Å²) in [6, 6.07) is 11.7. The van der Waals surface area contributed by atoms with E-state index in [9.17, 15) is 14.4 Å². The molecular weight excluding hydrogens is 500 g/mol. The van der Waals surface area contributed by atoms with Crippen LogP contribution in [0.5, 0.6) is 5.75 Å². The first-order chi connectivity index (χ1) is 17.2. The second-order valence-electron chi connectivity index (χ2n) is 8.12.